The zero-order chi connectivity index (χ0) is 12.8. The average molecular weight is 234 g/mol. The number of aliphatic hydroxyl groups is 1. The zero-order valence-electron chi connectivity index (χ0n) is 9.33. The predicted molar refractivity (Wildman–Crippen MR) is 53.6 cm³/mol. The smallest absolute Gasteiger partial charge is 0.265 e. The second kappa shape index (κ2) is 6.38. The Hall–Kier alpha value is -1.22. The van der Waals surface area contributed by atoms with E-state index in [0.29, 0.717) is 12.8 Å². The molecule has 6 heteroatoms. The third-order valence-corrected chi connectivity index (χ3v) is 2.62. The maximum atomic E-state index is 12.0. The van der Waals surface area contributed by atoms with Crippen molar-refractivity contribution in [3.05, 3.63) is 0 Å². The molecule has 0 aromatic rings. The van der Waals surface area contributed by atoms with Gasteiger partial charge in [-0.25, -0.2) is 8.78 Å². The second-order valence-electron chi connectivity index (χ2n) is 3.51. The van der Waals surface area contributed by atoms with Crippen LogP contribution in [0.15, 0.2) is 0 Å². The van der Waals surface area contributed by atoms with E-state index < -0.39 is 30.4 Å². The molecule has 0 aromatic carbocycles. The molecule has 0 saturated carbocycles. The molecule has 2 N–H and O–H groups in total. The summed E-state index contributed by atoms with van der Waals surface area (Å²) in [5.74, 6) is -0.611. The minimum absolute atomic E-state index is 0.302. The number of nitrogens with one attached hydrogen (secondary N) is 1. The summed E-state index contributed by atoms with van der Waals surface area (Å²) in [5, 5.41) is 19.9. The monoisotopic (exact) mass is 234 g/mol. The van der Waals surface area contributed by atoms with E-state index in [1.807, 2.05) is 6.07 Å². The quantitative estimate of drug-likeness (QED) is 0.721. The fourth-order valence-corrected chi connectivity index (χ4v) is 1.24. The Labute approximate surface area is 93.3 Å². The number of aliphatic hydroxyl groups excluding tert-OH is 1. The lowest BCUT2D eigenvalue weighted by Crippen LogP contribution is -2.44. The van der Waals surface area contributed by atoms with Crippen molar-refractivity contribution in [2.24, 2.45) is 5.41 Å². The van der Waals surface area contributed by atoms with Crippen LogP contribution in [0.4, 0.5) is 8.78 Å². The second-order valence-corrected chi connectivity index (χ2v) is 3.51. The lowest BCUT2D eigenvalue weighted by Gasteiger charge is -2.22. The topological polar surface area (TPSA) is 73.1 Å². The fourth-order valence-electron chi connectivity index (χ4n) is 1.24. The van der Waals surface area contributed by atoms with Gasteiger partial charge in [-0.2, -0.15) is 5.26 Å². The highest BCUT2D eigenvalue weighted by atomic mass is 19.3. The van der Waals surface area contributed by atoms with E-state index in [-0.39, 0.29) is 0 Å². The first-order chi connectivity index (χ1) is 7.43. The van der Waals surface area contributed by atoms with Gasteiger partial charge in [0.25, 0.3) is 6.43 Å². The predicted octanol–water partition coefficient (Wildman–Crippen LogP) is 1.06. The van der Waals surface area contributed by atoms with E-state index in [0.717, 1.165) is 0 Å². The minimum atomic E-state index is -2.90. The molecule has 0 saturated heterocycles. The van der Waals surface area contributed by atoms with Crippen molar-refractivity contribution in [2.75, 3.05) is 6.54 Å². The summed E-state index contributed by atoms with van der Waals surface area (Å²) in [6.07, 6.45) is -4.19. The maximum absolute atomic E-state index is 12.0. The van der Waals surface area contributed by atoms with Crippen LogP contribution in [0.5, 0.6) is 0 Å². The van der Waals surface area contributed by atoms with Gasteiger partial charge in [-0.15, -0.1) is 0 Å². The Morgan fingerprint density at radius 3 is 2.31 bits per heavy atom. The Morgan fingerprint density at radius 1 is 1.50 bits per heavy atom. The molecule has 0 rings (SSSR count). The molecule has 0 radical (unpaired) electrons. The lowest BCUT2D eigenvalue weighted by atomic mass is 9.83. The van der Waals surface area contributed by atoms with E-state index in [4.69, 9.17) is 10.4 Å². The van der Waals surface area contributed by atoms with Crippen molar-refractivity contribution in [3.8, 4) is 6.07 Å². The number of halogens is 2. The molecule has 0 heterocycles. The molecule has 0 aromatic heterocycles. The standard InChI is InChI=1S/C10H16F2N2O2/c1-3-10(4-2,6-13)9(16)14-5-7(15)8(11)12/h7-8,15H,3-5H2,1-2H3,(H,14,16). The Balaban J connectivity index is 4.40. The molecule has 1 atom stereocenters. The molecule has 0 bridgehead atoms. The van der Waals surface area contributed by atoms with E-state index in [1.165, 1.54) is 0 Å². The van der Waals surface area contributed by atoms with Crippen molar-refractivity contribution in [3.63, 3.8) is 0 Å². The first kappa shape index (κ1) is 14.8. The summed E-state index contributed by atoms with van der Waals surface area (Å²) >= 11 is 0. The molecule has 1 unspecified atom stereocenters. The van der Waals surface area contributed by atoms with Gasteiger partial charge in [-0.1, -0.05) is 13.8 Å². The fraction of sp³-hybridized carbons (Fsp3) is 0.800. The first-order valence-electron chi connectivity index (χ1n) is 5.09. The van der Waals surface area contributed by atoms with Crippen LogP contribution in [-0.4, -0.2) is 30.1 Å². The van der Waals surface area contributed by atoms with Gasteiger partial charge >= 0.3 is 0 Å². The molecule has 92 valence electrons. The number of carbonyl (C=O) groups excluding carboxylic acids is 1. The number of hydrogen-bond acceptors (Lipinski definition) is 3. The van der Waals surface area contributed by atoms with Gasteiger partial charge in [0.1, 0.15) is 11.5 Å². The van der Waals surface area contributed by atoms with E-state index in [1.54, 1.807) is 13.8 Å². The van der Waals surface area contributed by atoms with Gasteiger partial charge < -0.3 is 10.4 Å². The number of rotatable bonds is 6. The molecular weight excluding hydrogens is 218 g/mol. The van der Waals surface area contributed by atoms with Crippen LogP contribution < -0.4 is 5.32 Å². The third-order valence-electron chi connectivity index (χ3n) is 2.62. The van der Waals surface area contributed by atoms with Gasteiger partial charge in [0.2, 0.25) is 5.91 Å². The summed E-state index contributed by atoms with van der Waals surface area (Å²) in [6.45, 7) is 2.81. The summed E-state index contributed by atoms with van der Waals surface area (Å²) in [5.41, 5.74) is -1.19. The van der Waals surface area contributed by atoms with Crippen LogP contribution in [0, 0.1) is 16.7 Å². The molecule has 0 aliphatic rings. The highest BCUT2D eigenvalue weighted by molar-refractivity contribution is 5.85. The molecule has 0 fully saturated rings. The van der Waals surface area contributed by atoms with Gasteiger partial charge in [-0.05, 0) is 12.8 Å². The summed E-state index contributed by atoms with van der Waals surface area (Å²) in [7, 11) is 0. The Kier molecular flexibility index (Phi) is 5.89. The molecule has 16 heavy (non-hydrogen) atoms. The van der Waals surface area contributed by atoms with Crippen LogP contribution in [0.2, 0.25) is 0 Å². The van der Waals surface area contributed by atoms with Gasteiger partial charge in [0, 0.05) is 6.54 Å². The van der Waals surface area contributed by atoms with Crippen LogP contribution in [0.1, 0.15) is 26.7 Å². The van der Waals surface area contributed by atoms with E-state index >= 15 is 0 Å². The van der Waals surface area contributed by atoms with E-state index in [2.05, 4.69) is 5.32 Å². The SMILES string of the molecule is CCC(C#N)(CC)C(=O)NCC(O)C(F)F. The molecule has 0 spiro atoms. The first-order valence-corrected chi connectivity index (χ1v) is 5.09. The number of alkyl halides is 2. The zero-order valence-corrected chi connectivity index (χ0v) is 9.33. The normalized spacial score (nSPS) is 13.3. The molecule has 0 aliphatic carbocycles. The van der Waals surface area contributed by atoms with Crippen molar-refractivity contribution in [2.45, 2.75) is 39.2 Å². The number of amides is 1. The van der Waals surface area contributed by atoms with Crippen LogP contribution in [0.25, 0.3) is 0 Å². The van der Waals surface area contributed by atoms with Gasteiger partial charge in [0.15, 0.2) is 0 Å². The van der Waals surface area contributed by atoms with Crippen molar-refractivity contribution < 1.29 is 18.7 Å². The molecule has 4 nitrogen and oxygen atoms in total. The summed E-state index contributed by atoms with van der Waals surface area (Å²) in [6, 6.07) is 1.89. The van der Waals surface area contributed by atoms with E-state index in [9.17, 15) is 13.6 Å². The van der Waals surface area contributed by atoms with Crippen molar-refractivity contribution >= 4 is 5.91 Å². The Bertz CT molecular complexity index is 272. The van der Waals surface area contributed by atoms with Gasteiger partial charge in [0.05, 0.1) is 6.07 Å². The summed E-state index contributed by atoms with van der Waals surface area (Å²) in [4.78, 5) is 11.6. The minimum Gasteiger partial charge on any atom is -0.385 e. The van der Waals surface area contributed by atoms with Crippen molar-refractivity contribution in [1.29, 1.82) is 5.26 Å². The maximum Gasteiger partial charge on any atom is 0.265 e. The molecule has 1 amide bonds. The highest BCUT2D eigenvalue weighted by Crippen LogP contribution is 2.25. The number of hydrogen-bond donors (Lipinski definition) is 2. The average Bonchev–Trinajstić information content (AvgIpc) is 2.28. The van der Waals surface area contributed by atoms with Crippen LogP contribution in [0.3, 0.4) is 0 Å². The van der Waals surface area contributed by atoms with Gasteiger partial charge in [-0.3, -0.25) is 4.79 Å². The largest absolute Gasteiger partial charge is 0.385 e. The summed E-state index contributed by atoms with van der Waals surface area (Å²) < 4.78 is 23.9. The third kappa shape index (κ3) is 3.42. The molecule has 0 aliphatic heterocycles. The van der Waals surface area contributed by atoms with Crippen molar-refractivity contribution in [1.82, 2.24) is 5.32 Å². The number of nitrogens with zero attached hydrogens (tertiary/aromatic N) is 1. The van der Waals surface area contributed by atoms with Crippen LogP contribution in [-0.2, 0) is 4.79 Å². The lowest BCUT2D eigenvalue weighted by molar-refractivity contribution is -0.129. The van der Waals surface area contributed by atoms with Crippen LogP contribution >= 0.6 is 0 Å². The number of nitriles is 1. The highest BCUT2D eigenvalue weighted by Gasteiger charge is 2.35. The Morgan fingerprint density at radius 2 is 2.00 bits per heavy atom. The molecular formula is C10H16F2N2O2. The number of carbonyl (C=O) groups is 1.